The van der Waals surface area contributed by atoms with E-state index in [1.807, 2.05) is 0 Å². The molecule has 1 heterocycles. The number of ether oxygens (including phenoxy) is 2. The van der Waals surface area contributed by atoms with E-state index in [-0.39, 0.29) is 11.2 Å². The van der Waals surface area contributed by atoms with Crippen LogP contribution in [-0.4, -0.2) is 19.0 Å². The van der Waals surface area contributed by atoms with E-state index in [1.165, 1.54) is 5.57 Å². The van der Waals surface area contributed by atoms with Crippen LogP contribution in [-0.2, 0) is 9.47 Å². The summed E-state index contributed by atoms with van der Waals surface area (Å²) in [5.41, 5.74) is 1.60. The van der Waals surface area contributed by atoms with Crippen molar-refractivity contribution in [3.8, 4) is 0 Å². The van der Waals surface area contributed by atoms with E-state index in [2.05, 4.69) is 26.8 Å². The second-order valence-corrected chi connectivity index (χ2v) is 4.94. The molecule has 0 unspecified atom stereocenters. The van der Waals surface area contributed by atoms with Crippen LogP contribution >= 0.6 is 0 Å². The Morgan fingerprint density at radius 3 is 2.38 bits per heavy atom. The molecule has 0 aromatic heterocycles. The topological polar surface area (TPSA) is 18.5 Å². The van der Waals surface area contributed by atoms with Crippen LogP contribution in [0, 0.1) is 5.41 Å². The first-order chi connectivity index (χ1) is 6.02. The Kier molecular flexibility index (Phi) is 2.00. The maximum absolute atomic E-state index is 5.72. The van der Waals surface area contributed by atoms with Gasteiger partial charge in [-0.25, -0.2) is 0 Å². The fraction of sp³-hybridized carbons (Fsp3) is 0.818. The molecule has 2 nitrogen and oxygen atoms in total. The first-order valence-electron chi connectivity index (χ1n) is 4.98. The minimum Gasteiger partial charge on any atom is -0.347 e. The van der Waals surface area contributed by atoms with Crippen molar-refractivity contribution in [1.29, 1.82) is 0 Å². The average molecular weight is 182 g/mol. The van der Waals surface area contributed by atoms with E-state index in [9.17, 15) is 0 Å². The highest BCUT2D eigenvalue weighted by Crippen LogP contribution is 2.43. The lowest BCUT2D eigenvalue weighted by Crippen LogP contribution is -2.38. The third-order valence-electron chi connectivity index (χ3n) is 2.72. The van der Waals surface area contributed by atoms with Crippen molar-refractivity contribution in [1.82, 2.24) is 0 Å². The lowest BCUT2D eigenvalue weighted by atomic mass is 9.76. The van der Waals surface area contributed by atoms with Crippen LogP contribution in [0.15, 0.2) is 11.6 Å². The average Bonchev–Trinajstić information content (AvgIpc) is 2.31. The lowest BCUT2D eigenvalue weighted by Gasteiger charge is -2.39. The van der Waals surface area contributed by atoms with Crippen LogP contribution in [0.5, 0.6) is 0 Å². The SMILES string of the molecule is CC1=CC(C)(C)CC2(C1)OCCO2. The smallest absolute Gasteiger partial charge is 0.172 e. The molecule has 1 aliphatic carbocycles. The highest BCUT2D eigenvalue weighted by Gasteiger charge is 2.43. The molecule has 1 fully saturated rings. The summed E-state index contributed by atoms with van der Waals surface area (Å²) in [6.45, 7) is 8.14. The van der Waals surface area contributed by atoms with Gasteiger partial charge in [-0.1, -0.05) is 25.5 Å². The van der Waals surface area contributed by atoms with Gasteiger partial charge in [0.15, 0.2) is 5.79 Å². The van der Waals surface area contributed by atoms with Crippen molar-refractivity contribution < 1.29 is 9.47 Å². The molecule has 2 aliphatic rings. The first kappa shape index (κ1) is 9.22. The molecule has 0 bridgehead atoms. The van der Waals surface area contributed by atoms with Crippen LogP contribution in [0.25, 0.3) is 0 Å². The van der Waals surface area contributed by atoms with Crippen LogP contribution in [0.1, 0.15) is 33.6 Å². The third kappa shape index (κ3) is 1.79. The molecule has 0 N–H and O–H groups in total. The Balaban J connectivity index is 2.22. The Hall–Kier alpha value is -0.340. The molecule has 2 rings (SSSR count). The maximum atomic E-state index is 5.72. The normalized spacial score (nSPS) is 30.5. The van der Waals surface area contributed by atoms with E-state index in [0.717, 1.165) is 26.1 Å². The van der Waals surface area contributed by atoms with E-state index >= 15 is 0 Å². The Labute approximate surface area is 79.9 Å². The summed E-state index contributed by atoms with van der Waals surface area (Å²) in [7, 11) is 0. The van der Waals surface area contributed by atoms with E-state index in [1.54, 1.807) is 0 Å². The zero-order valence-corrected chi connectivity index (χ0v) is 8.72. The Bertz CT molecular complexity index is 234. The minimum absolute atomic E-state index is 0.215. The molecule has 2 heteroatoms. The quantitative estimate of drug-likeness (QED) is 0.536. The van der Waals surface area contributed by atoms with Crippen molar-refractivity contribution in [2.24, 2.45) is 5.41 Å². The summed E-state index contributed by atoms with van der Waals surface area (Å²) in [6, 6.07) is 0. The summed E-state index contributed by atoms with van der Waals surface area (Å²) < 4.78 is 11.4. The Morgan fingerprint density at radius 1 is 1.23 bits per heavy atom. The van der Waals surface area contributed by atoms with Gasteiger partial charge in [-0.05, 0) is 12.3 Å². The molecule has 0 radical (unpaired) electrons. The van der Waals surface area contributed by atoms with Gasteiger partial charge < -0.3 is 9.47 Å². The predicted octanol–water partition coefficient (Wildman–Crippen LogP) is 2.50. The third-order valence-corrected chi connectivity index (χ3v) is 2.72. The Morgan fingerprint density at radius 2 is 1.85 bits per heavy atom. The largest absolute Gasteiger partial charge is 0.347 e. The van der Waals surface area contributed by atoms with Crippen molar-refractivity contribution in [2.45, 2.75) is 39.4 Å². The van der Waals surface area contributed by atoms with E-state index in [0.29, 0.717) is 0 Å². The summed E-state index contributed by atoms with van der Waals surface area (Å²) >= 11 is 0. The second-order valence-electron chi connectivity index (χ2n) is 4.94. The van der Waals surface area contributed by atoms with E-state index < -0.39 is 0 Å². The van der Waals surface area contributed by atoms with Crippen molar-refractivity contribution >= 4 is 0 Å². The molecule has 1 aliphatic heterocycles. The number of rotatable bonds is 0. The molecule has 1 spiro atoms. The van der Waals surface area contributed by atoms with Crippen LogP contribution in [0.3, 0.4) is 0 Å². The summed E-state index contributed by atoms with van der Waals surface area (Å²) in [5, 5.41) is 0. The number of allylic oxidation sites excluding steroid dienone is 1. The van der Waals surface area contributed by atoms with Crippen LogP contribution in [0.2, 0.25) is 0 Å². The van der Waals surface area contributed by atoms with Crippen LogP contribution in [0.4, 0.5) is 0 Å². The zero-order chi connectivity index (χ0) is 9.53. The van der Waals surface area contributed by atoms with Crippen molar-refractivity contribution in [3.05, 3.63) is 11.6 Å². The molecule has 74 valence electrons. The standard InChI is InChI=1S/C11H18O2/c1-9-6-10(2,3)8-11(7-9)12-4-5-13-11/h6H,4-5,7-8H2,1-3H3. The molecular formula is C11H18O2. The number of hydrogen-bond donors (Lipinski definition) is 0. The fourth-order valence-electron chi connectivity index (χ4n) is 2.65. The zero-order valence-electron chi connectivity index (χ0n) is 8.72. The summed E-state index contributed by atoms with van der Waals surface area (Å²) in [6.07, 6.45) is 4.26. The number of hydrogen-bond acceptors (Lipinski definition) is 2. The molecule has 0 aromatic carbocycles. The highest BCUT2D eigenvalue weighted by molar-refractivity contribution is 5.14. The van der Waals surface area contributed by atoms with E-state index in [4.69, 9.17) is 9.47 Å². The lowest BCUT2D eigenvalue weighted by molar-refractivity contribution is -0.177. The molecule has 13 heavy (non-hydrogen) atoms. The monoisotopic (exact) mass is 182 g/mol. The van der Waals surface area contributed by atoms with Gasteiger partial charge in [-0.2, -0.15) is 0 Å². The van der Waals surface area contributed by atoms with Gasteiger partial charge in [0.25, 0.3) is 0 Å². The van der Waals surface area contributed by atoms with Crippen LogP contribution < -0.4 is 0 Å². The molecule has 0 aromatic rings. The summed E-state index contributed by atoms with van der Waals surface area (Å²) in [5.74, 6) is -0.289. The summed E-state index contributed by atoms with van der Waals surface area (Å²) in [4.78, 5) is 0. The van der Waals surface area contributed by atoms with Gasteiger partial charge in [-0.15, -0.1) is 0 Å². The van der Waals surface area contributed by atoms with Gasteiger partial charge in [-0.3, -0.25) is 0 Å². The predicted molar refractivity (Wildman–Crippen MR) is 51.4 cm³/mol. The van der Waals surface area contributed by atoms with Gasteiger partial charge in [0.1, 0.15) is 0 Å². The minimum atomic E-state index is -0.289. The molecule has 0 atom stereocenters. The molecule has 0 saturated carbocycles. The maximum Gasteiger partial charge on any atom is 0.172 e. The highest BCUT2D eigenvalue weighted by atomic mass is 16.7. The molecule has 0 amide bonds. The second kappa shape index (κ2) is 2.82. The molecular weight excluding hydrogens is 164 g/mol. The molecule has 1 saturated heterocycles. The van der Waals surface area contributed by atoms with Gasteiger partial charge in [0, 0.05) is 12.8 Å². The van der Waals surface area contributed by atoms with Gasteiger partial charge in [0.2, 0.25) is 0 Å². The van der Waals surface area contributed by atoms with Gasteiger partial charge in [0.05, 0.1) is 13.2 Å². The first-order valence-corrected chi connectivity index (χ1v) is 4.98. The van der Waals surface area contributed by atoms with Crippen molar-refractivity contribution in [3.63, 3.8) is 0 Å². The van der Waals surface area contributed by atoms with Gasteiger partial charge >= 0.3 is 0 Å². The van der Waals surface area contributed by atoms with Crippen molar-refractivity contribution in [2.75, 3.05) is 13.2 Å². The fourth-order valence-corrected chi connectivity index (χ4v) is 2.65.